The number of carbonyl (C=O) groups is 1. The van der Waals surface area contributed by atoms with Crippen molar-refractivity contribution in [1.82, 2.24) is 9.55 Å². The molecule has 0 bridgehead atoms. The number of benzene rings is 1. The number of aryl methyl sites for hydroxylation is 1. The third-order valence-corrected chi connectivity index (χ3v) is 4.61. The first-order valence-electron chi connectivity index (χ1n) is 9.23. The third kappa shape index (κ3) is 4.68. The molecule has 8 nitrogen and oxygen atoms in total. The van der Waals surface area contributed by atoms with E-state index in [0.29, 0.717) is 16.9 Å². The number of ether oxygens (including phenoxy) is 2. The van der Waals surface area contributed by atoms with Crippen molar-refractivity contribution in [3.05, 3.63) is 75.7 Å². The maximum absolute atomic E-state index is 13.0. The second kappa shape index (κ2) is 8.90. The van der Waals surface area contributed by atoms with E-state index in [1.807, 2.05) is 0 Å². The van der Waals surface area contributed by atoms with E-state index in [1.54, 1.807) is 36.6 Å². The molecule has 3 rings (SSSR count). The van der Waals surface area contributed by atoms with Crippen molar-refractivity contribution < 1.29 is 28.0 Å². The predicted octanol–water partition coefficient (Wildman–Crippen LogP) is 4.65. The van der Waals surface area contributed by atoms with Crippen LogP contribution in [-0.4, -0.2) is 33.0 Å². The van der Waals surface area contributed by atoms with Crippen LogP contribution >= 0.6 is 0 Å². The van der Waals surface area contributed by atoms with Crippen LogP contribution in [0.2, 0.25) is 0 Å². The van der Waals surface area contributed by atoms with E-state index in [-0.39, 0.29) is 17.3 Å². The van der Waals surface area contributed by atoms with E-state index in [2.05, 4.69) is 9.72 Å². The molecule has 0 amide bonds. The van der Waals surface area contributed by atoms with Crippen LogP contribution < -0.4 is 9.47 Å². The summed E-state index contributed by atoms with van der Waals surface area (Å²) < 4.78 is 36.4. The molecule has 0 aliphatic carbocycles. The summed E-state index contributed by atoms with van der Waals surface area (Å²) in [4.78, 5) is 27.1. The van der Waals surface area contributed by atoms with E-state index in [9.17, 15) is 23.7 Å². The Kier molecular flexibility index (Phi) is 6.28. The maximum atomic E-state index is 13.0. The summed E-state index contributed by atoms with van der Waals surface area (Å²) >= 11 is 0. The van der Waals surface area contributed by atoms with Crippen LogP contribution in [0.4, 0.5) is 14.6 Å². The summed E-state index contributed by atoms with van der Waals surface area (Å²) in [5.74, 6) is -0.914. The van der Waals surface area contributed by atoms with E-state index in [4.69, 9.17) is 4.74 Å². The zero-order valence-corrected chi connectivity index (χ0v) is 16.9. The second-order valence-electron chi connectivity index (χ2n) is 6.70. The van der Waals surface area contributed by atoms with E-state index >= 15 is 0 Å². The Morgan fingerprint density at radius 2 is 1.84 bits per heavy atom. The first-order valence-corrected chi connectivity index (χ1v) is 9.23. The number of nitro groups is 1. The Morgan fingerprint density at radius 3 is 2.45 bits per heavy atom. The summed E-state index contributed by atoms with van der Waals surface area (Å²) in [5, 5.41) is 11.1. The van der Waals surface area contributed by atoms with Gasteiger partial charge in [-0.1, -0.05) is 0 Å². The van der Waals surface area contributed by atoms with Gasteiger partial charge in [-0.05, 0) is 73.1 Å². The quantitative estimate of drug-likeness (QED) is 0.293. The molecule has 1 atom stereocenters. The van der Waals surface area contributed by atoms with Crippen LogP contribution in [0.3, 0.4) is 0 Å². The van der Waals surface area contributed by atoms with E-state index < -0.39 is 23.5 Å². The molecular formula is C21H19F2N3O5. The molecule has 31 heavy (non-hydrogen) atoms. The summed E-state index contributed by atoms with van der Waals surface area (Å²) in [6.07, 6.45) is 0.265. The second-order valence-corrected chi connectivity index (χ2v) is 6.70. The lowest BCUT2D eigenvalue weighted by molar-refractivity contribution is -0.390. The molecule has 2 heterocycles. The van der Waals surface area contributed by atoms with Gasteiger partial charge in [-0.25, -0.2) is 0 Å². The van der Waals surface area contributed by atoms with Crippen LogP contribution in [-0.2, 0) is 0 Å². The molecule has 0 N–H and O–H groups in total. The highest BCUT2D eigenvalue weighted by Crippen LogP contribution is 2.27. The minimum Gasteiger partial charge on any atom is -0.474 e. The molecule has 3 aromatic rings. The number of ketones is 1. The highest BCUT2D eigenvalue weighted by atomic mass is 19.3. The number of carbonyl (C=O) groups excluding carboxylic acids is 1. The fourth-order valence-corrected chi connectivity index (χ4v) is 3.26. The van der Waals surface area contributed by atoms with Crippen LogP contribution in [0.5, 0.6) is 11.5 Å². The molecule has 10 heteroatoms. The van der Waals surface area contributed by atoms with Gasteiger partial charge >= 0.3 is 12.4 Å². The number of aromatic nitrogens is 2. The molecule has 0 unspecified atom stereocenters. The normalized spacial score (nSPS) is 11.9. The van der Waals surface area contributed by atoms with Gasteiger partial charge in [0.1, 0.15) is 11.9 Å². The third-order valence-electron chi connectivity index (χ3n) is 4.61. The maximum Gasteiger partial charge on any atom is 0.406 e. The smallest absolute Gasteiger partial charge is 0.406 e. The van der Waals surface area contributed by atoms with Gasteiger partial charge in [0.2, 0.25) is 11.5 Å². The van der Waals surface area contributed by atoms with Crippen molar-refractivity contribution in [1.29, 1.82) is 0 Å². The number of halogens is 2. The number of hydrogen-bond donors (Lipinski definition) is 0. The molecule has 0 radical (unpaired) electrons. The fourth-order valence-electron chi connectivity index (χ4n) is 3.26. The van der Waals surface area contributed by atoms with Crippen molar-refractivity contribution in [3.8, 4) is 17.2 Å². The van der Waals surface area contributed by atoms with Crippen molar-refractivity contribution >= 4 is 11.6 Å². The predicted molar refractivity (Wildman–Crippen MR) is 107 cm³/mol. The van der Waals surface area contributed by atoms with Crippen molar-refractivity contribution in [2.75, 3.05) is 0 Å². The number of nitrogens with zero attached hydrogens (tertiary/aromatic N) is 3. The average Bonchev–Trinajstić information content (AvgIpc) is 3.02. The molecule has 1 aromatic carbocycles. The molecule has 2 aromatic heterocycles. The van der Waals surface area contributed by atoms with Gasteiger partial charge in [0.25, 0.3) is 0 Å². The highest BCUT2D eigenvalue weighted by Gasteiger charge is 2.26. The van der Waals surface area contributed by atoms with Crippen molar-refractivity contribution in [2.45, 2.75) is 33.5 Å². The number of hydrogen-bond acceptors (Lipinski definition) is 6. The first-order chi connectivity index (χ1) is 14.7. The lowest BCUT2D eigenvalue weighted by atomic mass is 10.1. The molecule has 162 valence electrons. The SMILES string of the molecule is Cc1cc(C(=O)[C@H](C)Oc2cccnc2[N+](=O)[O-])c(C)n1-c1ccc(OC(F)F)cc1. The molecule has 0 aliphatic heterocycles. The van der Waals surface area contributed by atoms with Crippen LogP contribution in [0.15, 0.2) is 48.7 Å². The zero-order chi connectivity index (χ0) is 22.7. The van der Waals surface area contributed by atoms with Crippen molar-refractivity contribution in [2.24, 2.45) is 0 Å². The lowest BCUT2D eigenvalue weighted by Gasteiger charge is -2.14. The Balaban J connectivity index is 1.86. The summed E-state index contributed by atoms with van der Waals surface area (Å²) in [5.41, 5.74) is 2.39. The van der Waals surface area contributed by atoms with Crippen LogP contribution in [0.1, 0.15) is 28.7 Å². The Morgan fingerprint density at radius 1 is 1.16 bits per heavy atom. The molecular weight excluding hydrogens is 412 g/mol. The van der Waals surface area contributed by atoms with Gasteiger partial charge in [0, 0.05) is 22.6 Å². The fraction of sp³-hybridized carbons (Fsp3) is 0.238. The highest BCUT2D eigenvalue weighted by molar-refractivity contribution is 6.01. The van der Waals surface area contributed by atoms with Gasteiger partial charge in [-0.2, -0.15) is 8.78 Å². The van der Waals surface area contributed by atoms with E-state index in [1.165, 1.54) is 37.4 Å². The molecule has 0 saturated carbocycles. The molecule has 0 aliphatic rings. The first kappa shape index (κ1) is 21.9. The molecule has 0 spiro atoms. The van der Waals surface area contributed by atoms with Gasteiger partial charge < -0.3 is 24.2 Å². The largest absolute Gasteiger partial charge is 0.474 e. The number of alkyl halides is 2. The minimum absolute atomic E-state index is 0.0256. The van der Waals surface area contributed by atoms with E-state index in [0.717, 1.165) is 5.69 Å². The Hall–Kier alpha value is -3.82. The van der Waals surface area contributed by atoms with Gasteiger partial charge in [0.05, 0.1) is 0 Å². The van der Waals surface area contributed by atoms with Gasteiger partial charge in [-0.15, -0.1) is 0 Å². The monoisotopic (exact) mass is 431 g/mol. The summed E-state index contributed by atoms with van der Waals surface area (Å²) in [7, 11) is 0. The summed E-state index contributed by atoms with van der Waals surface area (Å²) in [6.45, 7) is 2.12. The van der Waals surface area contributed by atoms with Crippen LogP contribution in [0, 0.1) is 24.0 Å². The van der Waals surface area contributed by atoms with Gasteiger partial charge in [0.15, 0.2) is 6.10 Å². The number of Topliss-reactive ketones (excluding diaryl/α,β-unsaturated/α-hetero) is 1. The van der Waals surface area contributed by atoms with Gasteiger partial charge in [-0.3, -0.25) is 4.79 Å². The van der Waals surface area contributed by atoms with Crippen LogP contribution in [0.25, 0.3) is 5.69 Å². The average molecular weight is 431 g/mol. The Bertz CT molecular complexity index is 1110. The minimum atomic E-state index is -2.91. The van der Waals surface area contributed by atoms with Crippen molar-refractivity contribution in [3.63, 3.8) is 0 Å². The molecule has 0 fully saturated rings. The standard InChI is InChI=1S/C21H19F2N3O5/c1-12-11-17(13(2)25(12)15-6-8-16(9-7-15)31-21(22)23)19(27)14(3)30-18-5-4-10-24-20(18)26(28)29/h4-11,14,21H,1-3H3/t14-/m0/s1. The summed E-state index contributed by atoms with van der Waals surface area (Å²) in [6, 6.07) is 10.6. The molecule has 0 saturated heterocycles. The zero-order valence-electron chi connectivity index (χ0n) is 16.9. The number of pyridine rings is 1. The topological polar surface area (TPSA) is 96.5 Å². The Labute approximate surface area is 176 Å². The lowest BCUT2D eigenvalue weighted by Crippen LogP contribution is -2.25. The number of rotatable bonds is 8.